The van der Waals surface area contributed by atoms with Crippen molar-refractivity contribution in [2.45, 2.75) is 13.3 Å². The highest BCUT2D eigenvalue weighted by molar-refractivity contribution is 5.77. The number of aldehydes is 1. The number of hydrogen-bond acceptors (Lipinski definition) is 3. The van der Waals surface area contributed by atoms with Gasteiger partial charge in [-0.05, 0) is 12.5 Å². The molecule has 0 radical (unpaired) electrons. The molecule has 1 heterocycles. The number of nitrogens with zero attached hydrogens (tertiary/aromatic N) is 1. The number of alkyl halides is 2. The third-order valence-electron chi connectivity index (χ3n) is 1.65. The van der Waals surface area contributed by atoms with Crippen molar-refractivity contribution >= 4 is 6.29 Å². The lowest BCUT2D eigenvalue weighted by Gasteiger charge is -2.07. The molecule has 0 atom stereocenters. The quantitative estimate of drug-likeness (QED) is 0.718. The van der Waals surface area contributed by atoms with Crippen LogP contribution in [0.1, 0.15) is 28.0 Å². The monoisotopic (exact) mass is 187 g/mol. The van der Waals surface area contributed by atoms with Crippen molar-refractivity contribution in [1.29, 1.82) is 0 Å². The van der Waals surface area contributed by atoms with Crippen molar-refractivity contribution in [2.24, 2.45) is 0 Å². The highest BCUT2D eigenvalue weighted by Crippen LogP contribution is 2.31. The summed E-state index contributed by atoms with van der Waals surface area (Å²) in [5.41, 5.74) is -0.726. The van der Waals surface area contributed by atoms with Crippen LogP contribution in [0.5, 0.6) is 5.75 Å². The molecule has 13 heavy (non-hydrogen) atoms. The molecule has 0 aliphatic heterocycles. The predicted octanol–water partition coefficient (Wildman–Crippen LogP) is 1.85. The van der Waals surface area contributed by atoms with E-state index in [9.17, 15) is 13.6 Å². The van der Waals surface area contributed by atoms with Gasteiger partial charge in [0, 0.05) is 6.20 Å². The molecular formula is C8H7F2NO2. The summed E-state index contributed by atoms with van der Waals surface area (Å²) in [4.78, 5) is 13.7. The molecule has 0 bridgehead atoms. The Kier molecular flexibility index (Phi) is 2.55. The zero-order chi connectivity index (χ0) is 10.0. The Hall–Kier alpha value is -1.52. The fourth-order valence-corrected chi connectivity index (χ4v) is 0.983. The second-order valence-electron chi connectivity index (χ2n) is 2.51. The largest absolute Gasteiger partial charge is 0.505 e. The maximum Gasteiger partial charge on any atom is 0.267 e. The molecule has 3 nitrogen and oxygen atoms in total. The van der Waals surface area contributed by atoms with E-state index in [0.717, 1.165) is 6.20 Å². The number of halogens is 2. The molecular weight excluding hydrogens is 180 g/mol. The fraction of sp³-hybridized carbons (Fsp3) is 0.250. The molecule has 0 fully saturated rings. The van der Waals surface area contributed by atoms with Gasteiger partial charge < -0.3 is 5.11 Å². The van der Waals surface area contributed by atoms with Gasteiger partial charge in [0.25, 0.3) is 6.43 Å². The van der Waals surface area contributed by atoms with Crippen LogP contribution in [-0.2, 0) is 0 Å². The molecule has 1 rings (SSSR count). The van der Waals surface area contributed by atoms with Gasteiger partial charge in [0.15, 0.2) is 12.0 Å². The second kappa shape index (κ2) is 3.47. The van der Waals surface area contributed by atoms with E-state index in [-0.39, 0.29) is 17.5 Å². The van der Waals surface area contributed by atoms with Crippen molar-refractivity contribution in [1.82, 2.24) is 4.98 Å². The number of aromatic hydroxyl groups is 1. The summed E-state index contributed by atoms with van der Waals surface area (Å²) >= 11 is 0. The minimum atomic E-state index is -2.80. The lowest BCUT2D eigenvalue weighted by Crippen LogP contribution is -1.97. The van der Waals surface area contributed by atoms with Gasteiger partial charge >= 0.3 is 0 Å². The average molecular weight is 187 g/mol. The number of aryl methyl sites for hydroxylation is 1. The number of carbonyl (C=O) groups excluding carboxylic acids is 1. The molecule has 0 aliphatic carbocycles. The Bertz CT molecular complexity index is 339. The van der Waals surface area contributed by atoms with Crippen LogP contribution >= 0.6 is 0 Å². The van der Waals surface area contributed by atoms with E-state index in [1.54, 1.807) is 0 Å². The molecule has 1 aromatic heterocycles. The zero-order valence-electron chi connectivity index (χ0n) is 6.79. The summed E-state index contributed by atoms with van der Waals surface area (Å²) in [5, 5.41) is 9.17. The molecule has 1 N–H and O–H groups in total. The predicted molar refractivity (Wildman–Crippen MR) is 41.0 cm³/mol. The molecule has 0 unspecified atom stereocenters. The molecule has 0 spiro atoms. The smallest absolute Gasteiger partial charge is 0.267 e. The zero-order valence-corrected chi connectivity index (χ0v) is 6.79. The van der Waals surface area contributed by atoms with E-state index >= 15 is 0 Å². The Balaban J connectivity index is 3.38. The highest BCUT2D eigenvalue weighted by atomic mass is 19.3. The molecule has 0 aromatic carbocycles. The number of aromatic nitrogens is 1. The van der Waals surface area contributed by atoms with Gasteiger partial charge in [0.2, 0.25) is 0 Å². The van der Waals surface area contributed by atoms with Gasteiger partial charge in [-0.3, -0.25) is 4.79 Å². The minimum Gasteiger partial charge on any atom is -0.505 e. The molecule has 70 valence electrons. The first kappa shape index (κ1) is 9.57. The van der Waals surface area contributed by atoms with Crippen LogP contribution in [0.3, 0.4) is 0 Å². The van der Waals surface area contributed by atoms with Gasteiger partial charge in [0.05, 0.1) is 5.56 Å². The lowest BCUT2D eigenvalue weighted by molar-refractivity contribution is 0.111. The summed E-state index contributed by atoms with van der Waals surface area (Å²) < 4.78 is 24.6. The first-order valence-electron chi connectivity index (χ1n) is 3.49. The van der Waals surface area contributed by atoms with Gasteiger partial charge in [-0.2, -0.15) is 0 Å². The van der Waals surface area contributed by atoms with Crippen LogP contribution in [0.2, 0.25) is 0 Å². The topological polar surface area (TPSA) is 50.2 Å². The van der Waals surface area contributed by atoms with E-state index in [1.165, 1.54) is 6.92 Å². The number of rotatable bonds is 2. The second-order valence-corrected chi connectivity index (χ2v) is 2.51. The van der Waals surface area contributed by atoms with Crippen LogP contribution in [0, 0.1) is 6.92 Å². The summed E-state index contributed by atoms with van der Waals surface area (Å²) in [6.07, 6.45) is -1.44. The van der Waals surface area contributed by atoms with E-state index in [2.05, 4.69) is 4.98 Å². The third kappa shape index (κ3) is 1.63. The molecule has 5 heteroatoms. The maximum atomic E-state index is 12.3. The van der Waals surface area contributed by atoms with Crippen LogP contribution in [0.15, 0.2) is 6.20 Å². The van der Waals surface area contributed by atoms with Crippen LogP contribution < -0.4 is 0 Å². The minimum absolute atomic E-state index is 0.165. The average Bonchev–Trinajstić information content (AvgIpc) is 2.04. The van der Waals surface area contributed by atoms with Crippen molar-refractivity contribution < 1.29 is 18.7 Å². The number of hydrogen-bond donors (Lipinski definition) is 1. The summed E-state index contributed by atoms with van der Waals surface area (Å²) in [6.45, 7) is 1.39. The van der Waals surface area contributed by atoms with Gasteiger partial charge in [-0.25, -0.2) is 13.8 Å². The van der Waals surface area contributed by atoms with Crippen molar-refractivity contribution in [3.8, 4) is 5.75 Å². The van der Waals surface area contributed by atoms with Gasteiger partial charge in [0.1, 0.15) is 5.69 Å². The van der Waals surface area contributed by atoms with Crippen LogP contribution in [0.4, 0.5) is 8.78 Å². The summed E-state index contributed by atoms with van der Waals surface area (Å²) in [5.74, 6) is -0.731. The number of carbonyl (C=O) groups is 1. The summed E-state index contributed by atoms with van der Waals surface area (Å²) in [7, 11) is 0. The number of pyridine rings is 1. The van der Waals surface area contributed by atoms with E-state index in [4.69, 9.17) is 5.11 Å². The first-order chi connectivity index (χ1) is 6.07. The Morgan fingerprint density at radius 3 is 2.69 bits per heavy atom. The Morgan fingerprint density at radius 1 is 1.62 bits per heavy atom. The van der Waals surface area contributed by atoms with Gasteiger partial charge in [-0.1, -0.05) is 0 Å². The van der Waals surface area contributed by atoms with Crippen molar-refractivity contribution in [3.63, 3.8) is 0 Å². The van der Waals surface area contributed by atoms with E-state index < -0.39 is 17.7 Å². The molecule has 0 aliphatic rings. The molecule has 0 saturated heterocycles. The Morgan fingerprint density at radius 2 is 2.23 bits per heavy atom. The standard InChI is InChI=1S/C8H7F2NO2/c1-4-2-11-5(3-12)7(13)6(4)8(9)10/h2-3,8,13H,1H3. The SMILES string of the molecule is Cc1cnc(C=O)c(O)c1C(F)F. The van der Waals surface area contributed by atoms with E-state index in [1.807, 2.05) is 0 Å². The Labute approximate surface area is 73.0 Å². The third-order valence-corrected chi connectivity index (χ3v) is 1.65. The van der Waals surface area contributed by atoms with Crippen LogP contribution in [-0.4, -0.2) is 16.4 Å². The highest BCUT2D eigenvalue weighted by Gasteiger charge is 2.19. The van der Waals surface area contributed by atoms with Crippen molar-refractivity contribution in [2.75, 3.05) is 0 Å². The van der Waals surface area contributed by atoms with Gasteiger partial charge in [-0.15, -0.1) is 0 Å². The maximum absolute atomic E-state index is 12.3. The fourth-order valence-electron chi connectivity index (χ4n) is 0.983. The molecule has 0 amide bonds. The molecule has 0 saturated carbocycles. The lowest BCUT2D eigenvalue weighted by atomic mass is 10.1. The first-order valence-corrected chi connectivity index (χ1v) is 3.49. The van der Waals surface area contributed by atoms with Crippen molar-refractivity contribution in [3.05, 3.63) is 23.0 Å². The molecule has 1 aromatic rings. The summed E-state index contributed by atoms with van der Waals surface area (Å²) in [6, 6.07) is 0. The van der Waals surface area contributed by atoms with E-state index in [0.29, 0.717) is 0 Å². The van der Waals surface area contributed by atoms with Crippen LogP contribution in [0.25, 0.3) is 0 Å². The normalized spacial score (nSPS) is 10.5.